The molecule has 0 aliphatic carbocycles. The van der Waals surface area contributed by atoms with Gasteiger partial charge in [-0.2, -0.15) is 0 Å². The first-order valence-corrected chi connectivity index (χ1v) is 8.50. The predicted octanol–water partition coefficient (Wildman–Crippen LogP) is 0.0470. The number of hydrogen-bond donors (Lipinski definition) is 5. The fraction of sp³-hybridized carbons (Fsp3) is 0.588. The van der Waals surface area contributed by atoms with Crippen LogP contribution in [0.4, 0.5) is 0 Å². The van der Waals surface area contributed by atoms with E-state index in [1.165, 1.54) is 18.2 Å². The molecule has 1 amide bonds. The van der Waals surface area contributed by atoms with Crippen LogP contribution in [0.15, 0.2) is 18.2 Å². The Labute approximate surface area is 156 Å². The molecule has 8 nitrogen and oxygen atoms in total. The molecule has 26 heavy (non-hydrogen) atoms. The lowest BCUT2D eigenvalue weighted by atomic mass is 9.99. The zero-order valence-corrected chi connectivity index (χ0v) is 15.5. The zero-order valence-electron chi connectivity index (χ0n) is 14.7. The molecule has 1 aliphatic rings. The van der Waals surface area contributed by atoms with Crippen LogP contribution >= 0.6 is 11.6 Å². The van der Waals surface area contributed by atoms with E-state index in [4.69, 9.17) is 21.1 Å². The molecule has 1 aliphatic heterocycles. The second-order valence-corrected chi connectivity index (χ2v) is 7.60. The van der Waals surface area contributed by atoms with Gasteiger partial charge in [-0.05, 0) is 39.0 Å². The Bertz CT molecular complexity index is 646. The van der Waals surface area contributed by atoms with Crippen molar-refractivity contribution in [3.63, 3.8) is 0 Å². The molecule has 5 unspecified atom stereocenters. The molecule has 0 spiro atoms. The van der Waals surface area contributed by atoms with Crippen LogP contribution in [0, 0.1) is 0 Å². The third-order valence-corrected chi connectivity index (χ3v) is 4.00. The minimum Gasteiger partial charge on any atom is -0.461 e. The van der Waals surface area contributed by atoms with Gasteiger partial charge in [-0.3, -0.25) is 4.79 Å². The predicted molar refractivity (Wildman–Crippen MR) is 93.1 cm³/mol. The van der Waals surface area contributed by atoms with Crippen LogP contribution in [-0.2, 0) is 4.74 Å². The van der Waals surface area contributed by atoms with Gasteiger partial charge in [0.15, 0.2) is 0 Å². The molecule has 0 saturated carbocycles. The van der Waals surface area contributed by atoms with Crippen LogP contribution in [0.25, 0.3) is 0 Å². The molecule has 1 aromatic rings. The van der Waals surface area contributed by atoms with Crippen molar-refractivity contribution in [2.45, 2.75) is 57.0 Å². The highest BCUT2D eigenvalue weighted by Gasteiger charge is 2.45. The van der Waals surface area contributed by atoms with E-state index in [9.17, 15) is 25.2 Å². The van der Waals surface area contributed by atoms with Crippen molar-refractivity contribution in [2.24, 2.45) is 0 Å². The summed E-state index contributed by atoms with van der Waals surface area (Å²) in [5.41, 5.74) is -0.385. The third kappa shape index (κ3) is 4.85. The van der Waals surface area contributed by atoms with E-state index in [1.54, 1.807) is 0 Å². The summed E-state index contributed by atoms with van der Waals surface area (Å²) in [5, 5.41) is 42.1. The monoisotopic (exact) mass is 389 g/mol. The zero-order chi connectivity index (χ0) is 19.6. The molecule has 1 aromatic carbocycles. The van der Waals surface area contributed by atoms with Gasteiger partial charge in [-0.25, -0.2) is 0 Å². The number of halogens is 1. The quantitative estimate of drug-likeness (QED) is 0.492. The Hall–Kier alpha value is -1.42. The smallest absolute Gasteiger partial charge is 0.255 e. The van der Waals surface area contributed by atoms with Crippen molar-refractivity contribution in [3.05, 3.63) is 28.8 Å². The number of carbonyl (C=O) groups excluding carboxylic acids is 1. The van der Waals surface area contributed by atoms with Crippen molar-refractivity contribution >= 4 is 17.5 Å². The molecule has 1 heterocycles. The van der Waals surface area contributed by atoms with E-state index in [-0.39, 0.29) is 11.3 Å². The van der Waals surface area contributed by atoms with Crippen LogP contribution in [0.2, 0.25) is 5.02 Å². The molecule has 0 aromatic heterocycles. The van der Waals surface area contributed by atoms with Gasteiger partial charge in [0.2, 0.25) is 6.29 Å². The van der Waals surface area contributed by atoms with Crippen molar-refractivity contribution in [3.8, 4) is 5.75 Å². The van der Waals surface area contributed by atoms with Gasteiger partial charge < -0.3 is 35.2 Å². The van der Waals surface area contributed by atoms with Crippen LogP contribution in [-0.4, -0.2) is 69.2 Å². The summed E-state index contributed by atoms with van der Waals surface area (Å²) >= 11 is 5.97. The third-order valence-electron chi connectivity index (χ3n) is 3.77. The van der Waals surface area contributed by atoms with E-state index in [0.29, 0.717) is 5.02 Å². The van der Waals surface area contributed by atoms with Gasteiger partial charge in [-0.1, -0.05) is 11.6 Å². The number of hydrogen-bond acceptors (Lipinski definition) is 7. The van der Waals surface area contributed by atoms with Crippen LogP contribution in [0.5, 0.6) is 5.75 Å². The van der Waals surface area contributed by atoms with E-state index in [1.807, 2.05) is 20.8 Å². The highest BCUT2D eigenvalue weighted by atomic mass is 35.5. The summed E-state index contributed by atoms with van der Waals surface area (Å²) in [5.74, 6) is -0.375. The molecule has 0 radical (unpaired) electrons. The standard InChI is InChI=1S/C17H24ClNO7/c1-17(2,3)19-15(24)9-6-8(18)4-5-10(9)25-16-14(23)13(22)12(21)11(7-20)26-16/h4-6,11-14,16,20-23H,7H2,1-3H3,(H,19,24). The summed E-state index contributed by atoms with van der Waals surface area (Å²) in [7, 11) is 0. The number of benzene rings is 1. The highest BCUT2D eigenvalue weighted by Crippen LogP contribution is 2.28. The van der Waals surface area contributed by atoms with E-state index in [2.05, 4.69) is 5.32 Å². The summed E-state index contributed by atoms with van der Waals surface area (Å²) in [6, 6.07) is 4.33. The summed E-state index contributed by atoms with van der Waals surface area (Å²) < 4.78 is 10.9. The average molecular weight is 390 g/mol. The second-order valence-electron chi connectivity index (χ2n) is 7.16. The largest absolute Gasteiger partial charge is 0.461 e. The minimum absolute atomic E-state index is 0.0699. The van der Waals surface area contributed by atoms with Crippen molar-refractivity contribution in [2.75, 3.05) is 6.61 Å². The Kier molecular flexibility index (Phi) is 6.49. The molecule has 5 N–H and O–H groups in total. The highest BCUT2D eigenvalue weighted by molar-refractivity contribution is 6.31. The number of ether oxygens (including phenoxy) is 2. The van der Waals surface area contributed by atoms with E-state index >= 15 is 0 Å². The number of rotatable bonds is 4. The normalized spacial score (nSPS) is 29.3. The maximum Gasteiger partial charge on any atom is 0.255 e. The van der Waals surface area contributed by atoms with Crippen molar-refractivity contribution < 1.29 is 34.7 Å². The molecule has 9 heteroatoms. The van der Waals surface area contributed by atoms with Crippen molar-refractivity contribution in [1.82, 2.24) is 5.32 Å². The van der Waals surface area contributed by atoms with Crippen LogP contribution < -0.4 is 10.1 Å². The van der Waals surface area contributed by atoms with Gasteiger partial charge in [0, 0.05) is 10.6 Å². The first kappa shape index (κ1) is 20.9. The number of aliphatic hydroxyl groups is 4. The van der Waals surface area contributed by atoms with Crippen LogP contribution in [0.1, 0.15) is 31.1 Å². The summed E-state index contributed by atoms with van der Waals surface area (Å²) in [6.07, 6.45) is -7.17. The topological polar surface area (TPSA) is 128 Å². The van der Waals surface area contributed by atoms with E-state index < -0.39 is 48.8 Å². The van der Waals surface area contributed by atoms with Crippen LogP contribution in [0.3, 0.4) is 0 Å². The maximum absolute atomic E-state index is 12.5. The molecule has 1 saturated heterocycles. The number of carbonyl (C=O) groups is 1. The molecule has 1 fully saturated rings. The van der Waals surface area contributed by atoms with Gasteiger partial charge >= 0.3 is 0 Å². The lowest BCUT2D eigenvalue weighted by molar-refractivity contribution is -0.277. The summed E-state index contributed by atoms with van der Waals surface area (Å²) in [4.78, 5) is 12.5. The molecule has 146 valence electrons. The molecular formula is C17H24ClNO7. The van der Waals surface area contributed by atoms with E-state index in [0.717, 1.165) is 0 Å². The number of aliphatic hydroxyl groups excluding tert-OH is 4. The Morgan fingerprint density at radius 3 is 2.46 bits per heavy atom. The molecule has 0 bridgehead atoms. The Morgan fingerprint density at radius 1 is 1.23 bits per heavy atom. The summed E-state index contributed by atoms with van der Waals surface area (Å²) in [6.45, 7) is 4.86. The fourth-order valence-electron chi connectivity index (χ4n) is 2.48. The van der Waals surface area contributed by atoms with Crippen molar-refractivity contribution in [1.29, 1.82) is 0 Å². The van der Waals surface area contributed by atoms with Gasteiger partial charge in [0.1, 0.15) is 30.2 Å². The Morgan fingerprint density at radius 2 is 1.88 bits per heavy atom. The maximum atomic E-state index is 12.5. The Balaban J connectivity index is 2.27. The first-order valence-electron chi connectivity index (χ1n) is 8.12. The second kappa shape index (κ2) is 8.08. The van der Waals surface area contributed by atoms with Gasteiger partial charge in [0.25, 0.3) is 5.91 Å². The fourth-order valence-corrected chi connectivity index (χ4v) is 2.65. The lowest BCUT2D eigenvalue weighted by Crippen LogP contribution is -2.60. The van der Waals surface area contributed by atoms with Gasteiger partial charge in [0.05, 0.1) is 12.2 Å². The molecule has 5 atom stereocenters. The minimum atomic E-state index is -1.58. The SMILES string of the molecule is CC(C)(C)NC(=O)c1cc(Cl)ccc1OC1OC(CO)C(O)C(O)C1O. The molecular weight excluding hydrogens is 366 g/mol. The molecule has 2 rings (SSSR count). The lowest BCUT2D eigenvalue weighted by Gasteiger charge is -2.39. The average Bonchev–Trinajstić information content (AvgIpc) is 2.55. The first-order chi connectivity index (χ1) is 12.0. The number of amides is 1. The number of nitrogens with one attached hydrogen (secondary N) is 1. The van der Waals surface area contributed by atoms with Gasteiger partial charge in [-0.15, -0.1) is 0 Å².